The van der Waals surface area contributed by atoms with Crippen molar-refractivity contribution in [2.45, 2.75) is 32.8 Å². The molecule has 3 heterocycles. The lowest BCUT2D eigenvalue weighted by atomic mass is 10.0. The fourth-order valence-corrected chi connectivity index (χ4v) is 4.38. The summed E-state index contributed by atoms with van der Waals surface area (Å²) in [7, 11) is 0. The molecule has 2 aromatic carbocycles. The van der Waals surface area contributed by atoms with Gasteiger partial charge in [0.05, 0.1) is 28.7 Å². The van der Waals surface area contributed by atoms with Gasteiger partial charge in [0.1, 0.15) is 11.4 Å². The lowest BCUT2D eigenvalue weighted by Crippen LogP contribution is -2.29. The second-order valence-electron chi connectivity index (χ2n) is 9.28. The second-order valence-corrected chi connectivity index (χ2v) is 9.28. The maximum absolute atomic E-state index is 14.3. The number of ether oxygens (including phenoxy) is 1. The average molecular weight is 458 g/mol. The van der Waals surface area contributed by atoms with Crippen LogP contribution in [-0.2, 0) is 11.2 Å². The highest BCUT2D eigenvalue weighted by Crippen LogP contribution is 2.38. The Morgan fingerprint density at radius 2 is 1.76 bits per heavy atom. The van der Waals surface area contributed by atoms with Gasteiger partial charge in [0.25, 0.3) is 5.91 Å². The monoisotopic (exact) mass is 457 g/mol. The van der Waals surface area contributed by atoms with Gasteiger partial charge in [0.2, 0.25) is 0 Å². The standard InChI is InChI=1S/C27H24FN3O3/c1-27(2,3)34-26(33)31-22-11-7-4-8-17(22)14-23(31)20-15-29-16-24-18(20)12-13-30(24)25(32)19-9-5-6-10-21(19)28/h4-11,14-16H,12-13H2,1-3H3. The molecule has 172 valence electrons. The topological polar surface area (TPSA) is 64.4 Å². The number of pyridine rings is 1. The second kappa shape index (κ2) is 8.09. The van der Waals surface area contributed by atoms with Crippen LogP contribution in [0.5, 0.6) is 0 Å². The molecule has 5 rings (SSSR count). The SMILES string of the molecule is CC(C)(C)OC(=O)n1c(-c2cncc3c2CCN3C(=O)c2ccccc2F)cc2ccccc21. The normalized spacial score (nSPS) is 13.2. The number of nitrogens with zero attached hydrogens (tertiary/aromatic N) is 3. The smallest absolute Gasteiger partial charge is 0.419 e. The van der Waals surface area contributed by atoms with E-state index in [1.807, 2.05) is 51.1 Å². The molecule has 1 aliphatic rings. The van der Waals surface area contributed by atoms with Crippen LogP contribution < -0.4 is 4.90 Å². The van der Waals surface area contributed by atoms with Gasteiger partial charge in [-0.15, -0.1) is 0 Å². The molecule has 0 atom stereocenters. The molecular formula is C27H24FN3O3. The van der Waals surface area contributed by atoms with E-state index in [1.54, 1.807) is 34.0 Å². The number of rotatable bonds is 2. The molecule has 0 saturated carbocycles. The molecule has 0 radical (unpaired) electrons. The molecule has 0 N–H and O–H groups in total. The number of carbonyl (C=O) groups excluding carboxylic acids is 2. The number of carbonyl (C=O) groups is 2. The van der Waals surface area contributed by atoms with Crippen LogP contribution in [0.3, 0.4) is 0 Å². The Hall–Kier alpha value is -4.00. The Morgan fingerprint density at radius 1 is 1.03 bits per heavy atom. The molecule has 4 aromatic rings. The summed E-state index contributed by atoms with van der Waals surface area (Å²) in [5.74, 6) is -0.974. The van der Waals surface area contributed by atoms with Crippen molar-refractivity contribution in [3.8, 4) is 11.3 Å². The molecule has 0 saturated heterocycles. The average Bonchev–Trinajstić information content (AvgIpc) is 3.39. The van der Waals surface area contributed by atoms with Gasteiger partial charge in [-0.1, -0.05) is 30.3 Å². The summed E-state index contributed by atoms with van der Waals surface area (Å²) in [5.41, 5.74) is 2.95. The first-order valence-electron chi connectivity index (χ1n) is 11.1. The van der Waals surface area contributed by atoms with Crippen molar-refractivity contribution in [2.24, 2.45) is 0 Å². The number of anilines is 1. The minimum atomic E-state index is -0.667. The van der Waals surface area contributed by atoms with Crippen LogP contribution in [0.25, 0.3) is 22.2 Å². The zero-order valence-electron chi connectivity index (χ0n) is 19.2. The maximum Gasteiger partial charge on any atom is 0.419 e. The van der Waals surface area contributed by atoms with Gasteiger partial charge in [0.15, 0.2) is 0 Å². The van der Waals surface area contributed by atoms with E-state index < -0.39 is 23.4 Å². The highest BCUT2D eigenvalue weighted by molar-refractivity contribution is 6.08. The van der Waals surface area contributed by atoms with Gasteiger partial charge >= 0.3 is 6.09 Å². The number of para-hydroxylation sites is 1. The Bertz CT molecular complexity index is 1430. The van der Waals surface area contributed by atoms with Crippen molar-refractivity contribution in [3.05, 3.63) is 83.9 Å². The minimum Gasteiger partial charge on any atom is -0.443 e. The van der Waals surface area contributed by atoms with E-state index in [0.29, 0.717) is 24.3 Å². The highest BCUT2D eigenvalue weighted by atomic mass is 19.1. The summed E-state index contributed by atoms with van der Waals surface area (Å²) in [6, 6.07) is 15.5. The van der Waals surface area contributed by atoms with Crippen LogP contribution in [-0.4, -0.2) is 33.7 Å². The lowest BCUT2D eigenvalue weighted by molar-refractivity contribution is 0.0547. The zero-order chi connectivity index (χ0) is 24.0. The fourth-order valence-electron chi connectivity index (χ4n) is 4.38. The van der Waals surface area contributed by atoms with Crippen molar-refractivity contribution in [1.29, 1.82) is 0 Å². The molecule has 6 nitrogen and oxygen atoms in total. The minimum absolute atomic E-state index is 0.0172. The van der Waals surface area contributed by atoms with Gasteiger partial charge in [-0.25, -0.2) is 13.8 Å². The van der Waals surface area contributed by atoms with E-state index in [9.17, 15) is 14.0 Å². The van der Waals surface area contributed by atoms with E-state index in [1.165, 1.54) is 12.1 Å². The number of fused-ring (bicyclic) bond motifs is 2. The van der Waals surface area contributed by atoms with Crippen molar-refractivity contribution in [1.82, 2.24) is 9.55 Å². The third kappa shape index (κ3) is 3.73. The summed E-state index contributed by atoms with van der Waals surface area (Å²) in [5, 5.41) is 0.887. The van der Waals surface area contributed by atoms with Gasteiger partial charge in [0, 0.05) is 23.7 Å². The third-order valence-corrected chi connectivity index (χ3v) is 5.82. The summed E-state index contributed by atoms with van der Waals surface area (Å²) in [6.07, 6.45) is 3.39. The fraction of sp³-hybridized carbons (Fsp3) is 0.222. The summed E-state index contributed by atoms with van der Waals surface area (Å²) >= 11 is 0. The molecule has 1 aliphatic heterocycles. The Morgan fingerprint density at radius 3 is 2.53 bits per heavy atom. The maximum atomic E-state index is 14.3. The van der Waals surface area contributed by atoms with Crippen LogP contribution in [0.1, 0.15) is 36.7 Å². The first kappa shape index (κ1) is 21.8. The van der Waals surface area contributed by atoms with Gasteiger partial charge in [-0.05, 0) is 57.0 Å². The van der Waals surface area contributed by atoms with Crippen molar-refractivity contribution >= 4 is 28.6 Å². The molecule has 2 aromatic heterocycles. The van der Waals surface area contributed by atoms with Crippen molar-refractivity contribution in [2.75, 3.05) is 11.4 Å². The van der Waals surface area contributed by atoms with Gasteiger partial charge in [-0.2, -0.15) is 0 Å². The van der Waals surface area contributed by atoms with Crippen LogP contribution in [0.15, 0.2) is 67.0 Å². The van der Waals surface area contributed by atoms with E-state index in [0.717, 1.165) is 22.0 Å². The summed E-state index contributed by atoms with van der Waals surface area (Å²) < 4.78 is 21.5. The summed E-state index contributed by atoms with van der Waals surface area (Å²) in [6.45, 7) is 5.87. The molecular weight excluding hydrogens is 433 g/mol. The van der Waals surface area contributed by atoms with Crippen LogP contribution in [0.4, 0.5) is 14.9 Å². The number of aromatic nitrogens is 2. The number of hydrogen-bond acceptors (Lipinski definition) is 4. The molecule has 0 fully saturated rings. The zero-order valence-corrected chi connectivity index (χ0v) is 19.2. The largest absolute Gasteiger partial charge is 0.443 e. The number of benzene rings is 2. The Kier molecular flexibility index (Phi) is 5.20. The molecule has 0 unspecified atom stereocenters. The van der Waals surface area contributed by atoms with E-state index in [4.69, 9.17) is 4.74 Å². The van der Waals surface area contributed by atoms with E-state index in [-0.39, 0.29) is 5.56 Å². The molecule has 7 heteroatoms. The quantitative estimate of drug-likeness (QED) is 0.380. The van der Waals surface area contributed by atoms with E-state index in [2.05, 4.69) is 4.98 Å². The first-order valence-corrected chi connectivity index (χ1v) is 11.1. The van der Waals surface area contributed by atoms with E-state index >= 15 is 0 Å². The Balaban J connectivity index is 1.63. The molecule has 0 bridgehead atoms. The predicted molar refractivity (Wildman–Crippen MR) is 129 cm³/mol. The van der Waals surface area contributed by atoms with Crippen molar-refractivity contribution < 1.29 is 18.7 Å². The molecule has 0 spiro atoms. The van der Waals surface area contributed by atoms with Crippen molar-refractivity contribution in [3.63, 3.8) is 0 Å². The first-order chi connectivity index (χ1) is 16.2. The molecule has 34 heavy (non-hydrogen) atoms. The number of hydrogen-bond donors (Lipinski definition) is 0. The number of amides is 1. The van der Waals surface area contributed by atoms with Gasteiger partial charge in [-0.3, -0.25) is 9.78 Å². The Labute approximate surface area is 196 Å². The number of halogens is 1. The molecule has 1 amide bonds. The highest BCUT2D eigenvalue weighted by Gasteiger charge is 2.31. The van der Waals surface area contributed by atoms with Crippen LogP contribution >= 0.6 is 0 Å². The van der Waals surface area contributed by atoms with Gasteiger partial charge < -0.3 is 9.64 Å². The van der Waals surface area contributed by atoms with Crippen LogP contribution in [0.2, 0.25) is 0 Å². The molecule has 0 aliphatic carbocycles. The van der Waals surface area contributed by atoms with Crippen LogP contribution in [0, 0.1) is 5.82 Å². The lowest BCUT2D eigenvalue weighted by Gasteiger charge is -2.21. The predicted octanol–water partition coefficient (Wildman–Crippen LogP) is 5.83. The third-order valence-electron chi connectivity index (χ3n) is 5.82. The summed E-state index contributed by atoms with van der Waals surface area (Å²) in [4.78, 5) is 32.3.